The van der Waals surface area contributed by atoms with Crippen LogP contribution in [0.4, 0.5) is 5.13 Å². The van der Waals surface area contributed by atoms with Gasteiger partial charge in [0.2, 0.25) is 0 Å². The maximum atomic E-state index is 5.48. The van der Waals surface area contributed by atoms with Gasteiger partial charge >= 0.3 is 5.17 Å². The predicted molar refractivity (Wildman–Crippen MR) is 107 cm³/mol. The lowest BCUT2D eigenvalue weighted by Crippen LogP contribution is -2.36. The Morgan fingerprint density at radius 2 is 1.85 bits per heavy atom. The number of allylic oxidation sites excluding steroid dienone is 1. The molecule has 0 radical (unpaired) electrons. The molecule has 1 aliphatic carbocycles. The maximum absolute atomic E-state index is 5.48. The highest BCUT2D eigenvalue weighted by Gasteiger charge is 2.47. The summed E-state index contributed by atoms with van der Waals surface area (Å²) >= 11 is 3.60. The zero-order valence-corrected chi connectivity index (χ0v) is 16.8. The first-order chi connectivity index (χ1) is 12.6. The summed E-state index contributed by atoms with van der Waals surface area (Å²) in [6, 6.07) is 0. The first-order valence-electron chi connectivity index (χ1n) is 9.16. The second-order valence-electron chi connectivity index (χ2n) is 7.39. The minimum absolute atomic E-state index is 0.165. The van der Waals surface area contributed by atoms with Gasteiger partial charge in [0, 0.05) is 24.9 Å². The van der Waals surface area contributed by atoms with Gasteiger partial charge in [0.25, 0.3) is 0 Å². The number of hydrogen-bond donors (Lipinski definition) is 0. The molecule has 1 aromatic heterocycles. The van der Waals surface area contributed by atoms with E-state index in [1.807, 2.05) is 0 Å². The van der Waals surface area contributed by atoms with Gasteiger partial charge < -0.3 is 14.4 Å². The number of aliphatic imine (C=N–C) groups is 1. The number of aromatic nitrogens is 1. The number of hydrogen-bond acceptors (Lipinski definition) is 6. The van der Waals surface area contributed by atoms with Crippen molar-refractivity contribution in [2.24, 2.45) is 4.99 Å². The van der Waals surface area contributed by atoms with Crippen LogP contribution in [0.3, 0.4) is 0 Å². The summed E-state index contributed by atoms with van der Waals surface area (Å²) in [4.78, 5) is 15.0. The highest BCUT2D eigenvalue weighted by Crippen LogP contribution is 2.47. The summed E-state index contributed by atoms with van der Waals surface area (Å²) in [7, 11) is 0. The summed E-state index contributed by atoms with van der Waals surface area (Å²) in [6.45, 7) is 11.4. The van der Waals surface area contributed by atoms with E-state index in [-0.39, 0.29) is 5.41 Å². The molecular formula is C18H23N4O2S2+. The number of rotatable bonds is 1. The van der Waals surface area contributed by atoms with Crippen molar-refractivity contribution < 1.29 is 14.0 Å². The Balaban J connectivity index is 1.51. The van der Waals surface area contributed by atoms with Gasteiger partial charge in [0.05, 0.1) is 47.3 Å². The van der Waals surface area contributed by atoms with E-state index < -0.39 is 0 Å². The van der Waals surface area contributed by atoms with Gasteiger partial charge in [-0.3, -0.25) is 0 Å². The van der Waals surface area contributed by atoms with Crippen LogP contribution in [-0.2, 0) is 14.9 Å². The van der Waals surface area contributed by atoms with Crippen molar-refractivity contribution in [3.8, 4) is 0 Å². The average molecular weight is 392 g/mol. The quantitative estimate of drug-likeness (QED) is 0.687. The smallest absolute Gasteiger partial charge is 0.359 e. The summed E-state index contributed by atoms with van der Waals surface area (Å²) in [5.74, 6) is 0. The highest BCUT2D eigenvalue weighted by molar-refractivity contribution is 8.18. The molecule has 2 fully saturated rings. The van der Waals surface area contributed by atoms with Crippen molar-refractivity contribution in [1.82, 2.24) is 4.98 Å². The van der Waals surface area contributed by atoms with Gasteiger partial charge in [-0.25, -0.2) is 9.56 Å². The Morgan fingerprint density at radius 1 is 1.12 bits per heavy atom. The number of thioether (sulfide) groups is 1. The average Bonchev–Trinajstić information content (AvgIpc) is 3.29. The van der Waals surface area contributed by atoms with E-state index in [1.165, 1.54) is 9.78 Å². The number of anilines is 1. The molecule has 138 valence electrons. The lowest BCUT2D eigenvalue weighted by atomic mass is 9.80. The van der Waals surface area contributed by atoms with Crippen molar-refractivity contribution in [1.29, 1.82) is 0 Å². The fraction of sp³-hybridized carbons (Fsp3) is 0.611. The largest absolute Gasteiger partial charge is 0.378 e. The molecule has 0 aromatic carbocycles. The fourth-order valence-electron chi connectivity index (χ4n) is 3.74. The molecule has 0 atom stereocenters. The fourth-order valence-corrected chi connectivity index (χ4v) is 6.26. The zero-order valence-electron chi connectivity index (χ0n) is 15.2. The monoisotopic (exact) mass is 391 g/mol. The van der Waals surface area contributed by atoms with Crippen molar-refractivity contribution in [3.63, 3.8) is 0 Å². The number of nitrogens with zero attached hydrogens (tertiary/aromatic N) is 4. The van der Waals surface area contributed by atoms with Gasteiger partial charge in [-0.05, 0) is 24.9 Å². The molecule has 0 unspecified atom stereocenters. The lowest BCUT2D eigenvalue weighted by molar-refractivity contribution is -0.547. The Labute approximate surface area is 161 Å². The van der Waals surface area contributed by atoms with Crippen molar-refractivity contribution in [3.05, 3.63) is 15.5 Å². The Hall–Kier alpha value is -1.22. The molecule has 0 N–H and O–H groups in total. The summed E-state index contributed by atoms with van der Waals surface area (Å²) in [5, 5.41) is 2.23. The van der Waals surface area contributed by atoms with Crippen LogP contribution < -0.4 is 4.90 Å². The lowest BCUT2D eigenvalue weighted by Gasteiger charge is -2.26. The van der Waals surface area contributed by atoms with Crippen LogP contribution >= 0.6 is 23.1 Å². The number of ether oxygens (including phenoxy) is 2. The van der Waals surface area contributed by atoms with E-state index in [0.717, 1.165) is 74.3 Å². The maximum Gasteiger partial charge on any atom is 0.359 e. The van der Waals surface area contributed by atoms with E-state index in [9.17, 15) is 0 Å². The van der Waals surface area contributed by atoms with Gasteiger partial charge in [-0.15, -0.1) is 0 Å². The molecule has 26 heavy (non-hydrogen) atoms. The zero-order chi connectivity index (χ0) is 17.7. The first-order valence-corrected chi connectivity index (χ1v) is 10.8. The second-order valence-corrected chi connectivity index (χ2v) is 9.40. The highest BCUT2D eigenvalue weighted by atomic mass is 32.2. The van der Waals surface area contributed by atoms with Crippen LogP contribution in [0.1, 0.15) is 24.4 Å². The van der Waals surface area contributed by atoms with E-state index in [4.69, 9.17) is 19.5 Å². The van der Waals surface area contributed by atoms with Crippen molar-refractivity contribution in [2.45, 2.75) is 19.3 Å². The number of morpholine rings is 2. The molecule has 3 aliphatic heterocycles. The predicted octanol–water partition coefficient (Wildman–Crippen LogP) is 2.20. The minimum atomic E-state index is -0.165. The first kappa shape index (κ1) is 16.9. The standard InChI is InChI=1S/C18H23N4O2S2/c1-18(2)14-12(25-16(19-14)21-3-7-23-8-4-21)11-13-15(18)20-17(26-13)22-5-9-24-10-6-22/h11H,3-10H2,1-2H3/q+1. The summed E-state index contributed by atoms with van der Waals surface area (Å²) in [6.07, 6.45) is 2.29. The summed E-state index contributed by atoms with van der Waals surface area (Å²) in [5.41, 5.74) is 2.16. The topological polar surface area (TPSA) is 50.0 Å². The third-order valence-corrected chi connectivity index (χ3v) is 7.42. The Morgan fingerprint density at radius 3 is 2.62 bits per heavy atom. The molecule has 5 rings (SSSR count). The van der Waals surface area contributed by atoms with Crippen LogP contribution in [0, 0.1) is 0 Å². The molecule has 2 saturated heterocycles. The summed E-state index contributed by atoms with van der Waals surface area (Å²) < 4.78 is 13.3. The SMILES string of the molecule is CC1(C)C2=NC(=[N+]3CCOCC3)SC2=Cc2sc(N3CCOCC3)nc21. The molecule has 8 heteroatoms. The molecule has 0 spiro atoms. The third kappa shape index (κ3) is 2.74. The second kappa shape index (κ2) is 6.44. The number of fused-ring (bicyclic) bond motifs is 2. The van der Waals surface area contributed by atoms with Crippen LogP contribution in [0.25, 0.3) is 6.08 Å². The molecular weight excluding hydrogens is 368 g/mol. The molecule has 4 heterocycles. The van der Waals surface area contributed by atoms with Gasteiger partial charge in [-0.2, -0.15) is 0 Å². The van der Waals surface area contributed by atoms with Gasteiger partial charge in [0.1, 0.15) is 13.1 Å². The molecule has 6 nitrogen and oxygen atoms in total. The Kier molecular flexibility index (Phi) is 4.19. The van der Waals surface area contributed by atoms with Gasteiger partial charge in [0.15, 0.2) is 10.8 Å². The van der Waals surface area contributed by atoms with Crippen molar-refractivity contribution in [2.75, 3.05) is 57.5 Å². The van der Waals surface area contributed by atoms with E-state index in [1.54, 1.807) is 23.1 Å². The van der Waals surface area contributed by atoms with E-state index in [2.05, 4.69) is 29.4 Å². The number of amidine groups is 1. The van der Waals surface area contributed by atoms with Crippen molar-refractivity contribution >= 4 is 45.2 Å². The van der Waals surface area contributed by atoms with Gasteiger partial charge in [-0.1, -0.05) is 11.3 Å². The molecule has 1 aromatic rings. The normalized spacial score (nSPS) is 24.9. The third-order valence-electron chi connectivity index (χ3n) is 5.29. The van der Waals surface area contributed by atoms with Crippen LogP contribution in [0.5, 0.6) is 0 Å². The van der Waals surface area contributed by atoms with E-state index >= 15 is 0 Å². The molecule has 0 amide bonds. The van der Waals surface area contributed by atoms with E-state index in [0.29, 0.717) is 0 Å². The molecule has 0 saturated carbocycles. The molecule has 4 aliphatic rings. The van der Waals surface area contributed by atoms with Crippen LogP contribution in [0.15, 0.2) is 9.90 Å². The minimum Gasteiger partial charge on any atom is -0.378 e. The molecule has 0 bridgehead atoms. The Bertz CT molecular complexity index is 826. The van der Waals surface area contributed by atoms with Crippen LogP contribution in [-0.4, -0.2) is 73.0 Å². The number of thiazole rings is 1. The van der Waals surface area contributed by atoms with Crippen LogP contribution in [0.2, 0.25) is 0 Å².